The van der Waals surface area contributed by atoms with Crippen molar-refractivity contribution in [3.63, 3.8) is 0 Å². The Morgan fingerprint density at radius 1 is 0.261 bits per heavy atom. The van der Waals surface area contributed by atoms with Gasteiger partial charge in [0.1, 0.15) is 0 Å². The molecule has 0 heterocycles. The van der Waals surface area contributed by atoms with Crippen molar-refractivity contribution in [2.75, 3.05) is 37.1 Å². The minimum Gasteiger partial charge on any atom is -0.396 e. The maximum atomic E-state index is 14.6. The van der Waals surface area contributed by atoms with Crippen molar-refractivity contribution in [1.82, 2.24) is 0 Å². The van der Waals surface area contributed by atoms with Crippen LogP contribution in [0.2, 0.25) is 4.44 Å². The summed E-state index contributed by atoms with van der Waals surface area (Å²) in [5.74, 6) is -1.72. The van der Waals surface area contributed by atoms with Crippen LogP contribution in [0, 0.1) is 17.8 Å². The zero-order valence-electron chi connectivity index (χ0n) is 57.9. The Morgan fingerprint density at radius 3 is 0.591 bits per heavy atom. The minimum atomic E-state index is -5.34. The van der Waals surface area contributed by atoms with Crippen LogP contribution in [0.5, 0.6) is 0 Å². The third-order valence-electron chi connectivity index (χ3n) is 18.6. The molecule has 13 heteroatoms. The Hall–Kier alpha value is 0.139. The second-order valence-electron chi connectivity index (χ2n) is 27.0. The van der Waals surface area contributed by atoms with Crippen LogP contribution in [0.1, 0.15) is 399 Å². The van der Waals surface area contributed by atoms with Gasteiger partial charge in [-0.2, -0.15) is 0 Å². The average Bonchev–Trinajstić information content (AvgIpc) is 3.72. The molecule has 0 rings (SSSR count). The van der Waals surface area contributed by atoms with E-state index in [1.54, 1.807) is 0 Å². The molecular formula is C75H148O9S3Sn. The Kier molecular flexibility index (Phi) is 71.5. The molecule has 3 atom stereocenters. The number of hydrogen-bond donors (Lipinski definition) is 6. The van der Waals surface area contributed by atoms with Crippen LogP contribution in [0.4, 0.5) is 0 Å². The summed E-state index contributed by atoms with van der Waals surface area (Å²) in [6, 6.07) is 0. The van der Waals surface area contributed by atoms with E-state index in [0.717, 1.165) is 116 Å². The Morgan fingerprint density at radius 2 is 0.420 bits per heavy atom. The van der Waals surface area contributed by atoms with Gasteiger partial charge in [0, 0.05) is 19.8 Å². The monoisotopic (exact) mass is 1410 g/mol. The van der Waals surface area contributed by atoms with E-state index in [1.807, 2.05) is 0 Å². The predicted octanol–water partition coefficient (Wildman–Crippen LogP) is 23.0. The van der Waals surface area contributed by atoms with Gasteiger partial charge in [-0.05, 0) is 19.3 Å². The molecule has 0 aromatic rings. The standard InChI is InChI=1S/3C21H42O3S.C12H25.Sn/c3*22-18-16-14-12-10-8-6-4-2-1-3-5-7-9-11-13-15-17-20(19-25)21(23)24;1-3-5-7-9-11-12-10-8-6-4-2;/h3*20,22,25H,1-19H2,(H,23,24);1,3-12H2,2H3;/q;;;;+3/p-3. The van der Waals surface area contributed by atoms with E-state index >= 15 is 0 Å². The van der Waals surface area contributed by atoms with Crippen molar-refractivity contribution in [3.05, 3.63) is 0 Å². The van der Waals surface area contributed by atoms with E-state index in [0.29, 0.717) is 67.2 Å². The molecule has 0 saturated carbocycles. The molecule has 3 N–H and O–H groups in total. The molecule has 0 fully saturated rings. The molecule has 0 aliphatic carbocycles. The van der Waals surface area contributed by atoms with Gasteiger partial charge in [0.15, 0.2) is 0 Å². The molecule has 0 radical (unpaired) electrons. The molecule has 0 aliphatic rings. The molecule has 524 valence electrons. The quantitative estimate of drug-likeness (QED) is 0.0200. The Labute approximate surface area is 568 Å². The van der Waals surface area contributed by atoms with E-state index in [1.165, 1.54) is 250 Å². The molecule has 88 heavy (non-hydrogen) atoms. The van der Waals surface area contributed by atoms with Crippen molar-refractivity contribution in [2.45, 2.75) is 403 Å². The number of hydrogen-bond acceptors (Lipinski definition) is 12. The average molecular weight is 1410 g/mol. The van der Waals surface area contributed by atoms with Crippen LogP contribution in [-0.2, 0) is 23.6 Å². The van der Waals surface area contributed by atoms with Gasteiger partial charge in [0.05, 0.1) is 0 Å². The summed E-state index contributed by atoms with van der Waals surface area (Å²) in [7, 11) is 0. The summed E-state index contributed by atoms with van der Waals surface area (Å²) < 4.78 is 20.2. The molecule has 0 saturated heterocycles. The molecule has 0 amide bonds. The third kappa shape index (κ3) is 58.7. The molecule has 0 aliphatic heterocycles. The number of carbonyl (C=O) groups excluding carboxylic acids is 3. The fraction of sp³-hybridized carbons (Fsp3) is 0.960. The first-order chi connectivity index (χ1) is 43.3. The van der Waals surface area contributed by atoms with Crippen LogP contribution >= 0.6 is 37.9 Å². The minimum absolute atomic E-state index is 0.302. The molecular weight excluding hydrogens is 1260 g/mol. The van der Waals surface area contributed by atoms with Crippen LogP contribution < -0.4 is 0 Å². The predicted molar refractivity (Wildman–Crippen MR) is 389 cm³/mol. The van der Waals surface area contributed by atoms with Gasteiger partial charge in [0.25, 0.3) is 0 Å². The van der Waals surface area contributed by atoms with E-state index in [9.17, 15) is 14.4 Å². The van der Waals surface area contributed by atoms with Gasteiger partial charge < -0.3 is 15.3 Å². The van der Waals surface area contributed by atoms with Gasteiger partial charge in [-0.3, -0.25) is 0 Å². The number of rotatable bonds is 74. The summed E-state index contributed by atoms with van der Waals surface area (Å²) in [6.07, 6.45) is 71.5. The van der Waals surface area contributed by atoms with Gasteiger partial charge in [-0.15, -0.1) is 0 Å². The Bertz CT molecular complexity index is 1300. The van der Waals surface area contributed by atoms with Crippen LogP contribution in [-0.4, -0.2) is 89.9 Å². The first-order valence-electron chi connectivity index (χ1n) is 38.6. The summed E-state index contributed by atoms with van der Waals surface area (Å²) in [5.41, 5.74) is 0. The van der Waals surface area contributed by atoms with E-state index in [-0.39, 0.29) is 0 Å². The third-order valence-corrected chi connectivity index (χ3v) is 27.1. The van der Waals surface area contributed by atoms with E-state index in [4.69, 9.17) is 62.4 Å². The van der Waals surface area contributed by atoms with E-state index in [2.05, 4.69) is 6.92 Å². The normalized spacial score (nSPS) is 13.4. The zero-order valence-corrected chi connectivity index (χ0v) is 63.5. The number of aliphatic hydroxyl groups is 3. The molecule has 9 nitrogen and oxygen atoms in total. The van der Waals surface area contributed by atoms with Crippen LogP contribution in [0.15, 0.2) is 0 Å². The first kappa shape index (κ1) is 88.1. The summed E-state index contributed by atoms with van der Waals surface area (Å²) in [4.78, 5) is 43.7. The van der Waals surface area contributed by atoms with Crippen molar-refractivity contribution in [3.8, 4) is 0 Å². The Balaban J connectivity index is 5.76. The second-order valence-corrected chi connectivity index (χ2v) is 35.2. The van der Waals surface area contributed by atoms with Gasteiger partial charge in [-0.25, -0.2) is 0 Å². The summed E-state index contributed by atoms with van der Waals surface area (Å²) in [6.45, 7) is 3.22. The van der Waals surface area contributed by atoms with Crippen molar-refractivity contribution < 1.29 is 38.9 Å². The van der Waals surface area contributed by atoms with Crippen molar-refractivity contribution in [1.29, 1.82) is 0 Å². The summed E-state index contributed by atoms with van der Waals surface area (Å²) >= 11 is 8.78. The number of thiol groups is 3. The number of unbranched alkanes of at least 4 members (excludes halogenated alkanes) is 54. The molecule has 0 spiro atoms. The number of aliphatic hydroxyl groups excluding tert-OH is 3. The maximum absolute atomic E-state index is 14.6. The van der Waals surface area contributed by atoms with Gasteiger partial charge in [0.2, 0.25) is 0 Å². The SMILES string of the molecule is CCCCCCCCCCC[CH2][Sn]([O]C(=O)C(CS)CCCCCCCCCCCCCCCCCCO)([O]C(=O)C(CS)CCCCCCCCCCCCCCCCCCO)[O]C(=O)C(CS)CCCCCCCCCCCCCCCCCCO. The van der Waals surface area contributed by atoms with E-state index < -0.39 is 55.3 Å². The summed E-state index contributed by atoms with van der Waals surface area (Å²) in [5, 5.41) is 26.9. The molecule has 0 aromatic carbocycles. The smallest absolute Gasteiger partial charge is 0.396 e. The van der Waals surface area contributed by atoms with Gasteiger partial charge >= 0.3 is 383 Å². The molecule has 0 bridgehead atoms. The number of carbonyl (C=O) groups is 3. The fourth-order valence-electron chi connectivity index (χ4n) is 12.5. The van der Waals surface area contributed by atoms with Crippen LogP contribution in [0.3, 0.4) is 0 Å². The zero-order chi connectivity index (χ0) is 64.2. The molecule has 0 aromatic heterocycles. The topological polar surface area (TPSA) is 140 Å². The second kappa shape index (κ2) is 71.4. The van der Waals surface area contributed by atoms with Crippen molar-refractivity contribution >= 4 is 75.4 Å². The fourth-order valence-corrected chi connectivity index (χ4v) is 20.8. The molecule has 3 unspecified atom stereocenters. The van der Waals surface area contributed by atoms with Crippen LogP contribution in [0.25, 0.3) is 0 Å². The first-order valence-corrected chi connectivity index (χ1v) is 46.0. The van der Waals surface area contributed by atoms with Crippen molar-refractivity contribution in [2.24, 2.45) is 17.8 Å². The van der Waals surface area contributed by atoms with Gasteiger partial charge in [-0.1, -0.05) is 135 Å².